The fourth-order valence-electron chi connectivity index (χ4n) is 4.04. The van der Waals surface area contributed by atoms with Gasteiger partial charge in [0.15, 0.2) is 16.3 Å². The van der Waals surface area contributed by atoms with E-state index in [4.69, 9.17) is 32.2 Å². The lowest BCUT2D eigenvalue weighted by Crippen LogP contribution is -2.40. The summed E-state index contributed by atoms with van der Waals surface area (Å²) in [5, 5.41) is 0.298. The van der Waals surface area contributed by atoms with Crippen molar-refractivity contribution in [1.82, 2.24) is 4.57 Å². The molecule has 1 atom stereocenters. The number of terminal acetylenes is 1. The van der Waals surface area contributed by atoms with Crippen LogP contribution in [0.2, 0.25) is 5.02 Å². The van der Waals surface area contributed by atoms with Gasteiger partial charge < -0.3 is 14.2 Å². The van der Waals surface area contributed by atoms with Crippen molar-refractivity contribution in [3.05, 3.63) is 89.6 Å². The summed E-state index contributed by atoms with van der Waals surface area (Å²) in [4.78, 5) is 31.7. The lowest BCUT2D eigenvalue weighted by molar-refractivity contribution is -0.136. The van der Waals surface area contributed by atoms with Gasteiger partial charge in [-0.2, -0.15) is 0 Å². The largest absolute Gasteiger partial charge is 0.493 e. The van der Waals surface area contributed by atoms with Crippen LogP contribution in [0.5, 0.6) is 11.5 Å². The number of fused-ring (bicyclic) bond motifs is 1. The predicted molar refractivity (Wildman–Crippen MR) is 139 cm³/mol. The van der Waals surface area contributed by atoms with Gasteiger partial charge in [0, 0.05) is 0 Å². The van der Waals surface area contributed by atoms with Gasteiger partial charge in [0.05, 0.1) is 41.1 Å². The first kappa shape index (κ1) is 25.3. The highest BCUT2D eigenvalue weighted by Crippen LogP contribution is 2.36. The van der Waals surface area contributed by atoms with Crippen LogP contribution in [0.3, 0.4) is 0 Å². The van der Waals surface area contributed by atoms with Crippen molar-refractivity contribution in [2.24, 2.45) is 4.99 Å². The zero-order valence-electron chi connectivity index (χ0n) is 19.9. The van der Waals surface area contributed by atoms with Crippen LogP contribution in [-0.2, 0) is 9.53 Å². The van der Waals surface area contributed by atoms with Crippen LogP contribution in [0.1, 0.15) is 30.5 Å². The Kier molecular flexibility index (Phi) is 7.63. The first-order valence-electron chi connectivity index (χ1n) is 11.0. The molecule has 0 saturated carbocycles. The number of methoxy groups -OCH3 is 2. The molecule has 184 valence electrons. The molecule has 0 amide bonds. The number of rotatable bonds is 7. The van der Waals surface area contributed by atoms with E-state index in [0.717, 1.165) is 5.56 Å². The minimum absolute atomic E-state index is 0.0375. The Labute approximate surface area is 216 Å². The van der Waals surface area contributed by atoms with Gasteiger partial charge in [-0.3, -0.25) is 9.36 Å². The molecule has 0 unspecified atom stereocenters. The summed E-state index contributed by atoms with van der Waals surface area (Å²) in [6, 6.07) is 12.1. The van der Waals surface area contributed by atoms with Crippen molar-refractivity contribution in [2.45, 2.75) is 19.4 Å². The normalized spacial score (nSPS) is 15.1. The van der Waals surface area contributed by atoms with Crippen LogP contribution in [0.4, 0.5) is 0 Å². The molecular weight excluding hydrogens is 500 g/mol. The minimum atomic E-state index is -0.662. The van der Waals surface area contributed by atoms with Crippen molar-refractivity contribution in [1.29, 1.82) is 0 Å². The zero-order valence-corrected chi connectivity index (χ0v) is 21.5. The Bertz CT molecular complexity index is 1560. The van der Waals surface area contributed by atoms with Gasteiger partial charge >= 0.3 is 5.97 Å². The van der Waals surface area contributed by atoms with Crippen LogP contribution < -0.4 is 24.4 Å². The fourth-order valence-corrected chi connectivity index (χ4v) is 5.34. The van der Waals surface area contributed by atoms with Crippen molar-refractivity contribution in [2.75, 3.05) is 20.8 Å². The highest BCUT2D eigenvalue weighted by molar-refractivity contribution is 7.07. The maximum absolute atomic E-state index is 13.7. The molecule has 0 spiro atoms. The quantitative estimate of drug-likeness (QED) is 0.351. The zero-order chi connectivity index (χ0) is 25.8. The molecule has 0 radical (unpaired) electrons. The molecule has 1 aromatic heterocycles. The Morgan fingerprint density at radius 1 is 1.28 bits per heavy atom. The first-order valence-corrected chi connectivity index (χ1v) is 12.2. The van der Waals surface area contributed by atoms with Crippen molar-refractivity contribution in [3.63, 3.8) is 0 Å². The maximum Gasteiger partial charge on any atom is 0.338 e. The van der Waals surface area contributed by atoms with Gasteiger partial charge in [-0.25, -0.2) is 9.79 Å². The van der Waals surface area contributed by atoms with Crippen LogP contribution in [0.15, 0.2) is 63.5 Å². The van der Waals surface area contributed by atoms with Gasteiger partial charge in [-0.1, -0.05) is 66.1 Å². The molecule has 0 aliphatic carbocycles. The molecule has 3 aromatic rings. The molecular formula is C27H23ClN2O5S. The number of aromatic nitrogens is 1. The molecule has 1 aliphatic rings. The summed E-state index contributed by atoms with van der Waals surface area (Å²) < 4.78 is 18.0. The fraction of sp³-hybridized carbons (Fsp3) is 0.222. The van der Waals surface area contributed by atoms with Crippen LogP contribution in [0, 0.1) is 12.3 Å². The second kappa shape index (κ2) is 10.9. The predicted octanol–water partition coefficient (Wildman–Crippen LogP) is 3.47. The molecule has 2 heterocycles. The summed E-state index contributed by atoms with van der Waals surface area (Å²) in [7, 11) is 2.82. The molecule has 36 heavy (non-hydrogen) atoms. The standard InChI is InChI=1S/C27H23ClN2O5S/c1-5-12-35-24-18(28)13-16(14-20(24)33-3)15-21-25(31)30-23(17-10-8-7-9-11-17)22(26(32)34-4)19(6-2)29-27(30)36-21/h1,7-11,13-15,23H,6,12H2,2-4H3/b21-15-/t23-/m1/s1. The van der Waals surface area contributed by atoms with E-state index in [1.807, 2.05) is 37.3 Å². The molecule has 0 N–H and O–H groups in total. The van der Waals surface area contributed by atoms with E-state index in [1.54, 1.807) is 22.8 Å². The number of thiazole rings is 1. The van der Waals surface area contributed by atoms with E-state index < -0.39 is 12.0 Å². The Hall–Kier alpha value is -3.80. The first-order chi connectivity index (χ1) is 17.4. The number of hydrogen-bond acceptors (Lipinski definition) is 7. The SMILES string of the molecule is C#CCOc1c(Cl)cc(/C=c2\sc3n(c2=O)[C@H](c2ccccc2)C(C(=O)OC)=C(CC)N=3)cc1OC. The summed E-state index contributed by atoms with van der Waals surface area (Å²) in [6.07, 6.45) is 7.49. The minimum Gasteiger partial charge on any atom is -0.493 e. The number of esters is 1. The third kappa shape index (κ3) is 4.68. The number of ether oxygens (including phenoxy) is 3. The molecule has 4 rings (SSSR count). The van der Waals surface area contributed by atoms with Gasteiger partial charge in [0.1, 0.15) is 6.61 Å². The number of halogens is 1. The Morgan fingerprint density at radius 2 is 2.03 bits per heavy atom. The van der Waals surface area contributed by atoms with Crippen LogP contribution in [-0.4, -0.2) is 31.4 Å². The highest BCUT2D eigenvalue weighted by Gasteiger charge is 2.33. The number of nitrogens with zero attached hydrogens (tertiary/aromatic N) is 2. The Morgan fingerprint density at radius 3 is 2.67 bits per heavy atom. The topological polar surface area (TPSA) is 79.1 Å². The number of carbonyl (C=O) groups excluding carboxylic acids is 1. The third-order valence-corrected chi connectivity index (χ3v) is 6.88. The van der Waals surface area contributed by atoms with E-state index >= 15 is 0 Å². The summed E-state index contributed by atoms with van der Waals surface area (Å²) >= 11 is 7.65. The van der Waals surface area contributed by atoms with Gasteiger partial charge in [0.2, 0.25) is 0 Å². The van der Waals surface area contributed by atoms with Crippen molar-refractivity contribution < 1.29 is 19.0 Å². The second-order valence-corrected chi connectivity index (χ2v) is 9.14. The smallest absolute Gasteiger partial charge is 0.338 e. The van der Waals surface area contributed by atoms with E-state index in [-0.39, 0.29) is 12.2 Å². The van der Waals surface area contributed by atoms with Crippen molar-refractivity contribution >= 4 is 35.0 Å². The maximum atomic E-state index is 13.7. The molecule has 0 fully saturated rings. The monoisotopic (exact) mass is 522 g/mol. The average molecular weight is 523 g/mol. The summed E-state index contributed by atoms with van der Waals surface area (Å²) in [6.45, 7) is 1.95. The van der Waals surface area contributed by atoms with Crippen LogP contribution >= 0.6 is 22.9 Å². The van der Waals surface area contributed by atoms with Crippen LogP contribution in [0.25, 0.3) is 6.08 Å². The second-order valence-electron chi connectivity index (χ2n) is 7.73. The van der Waals surface area contributed by atoms with E-state index in [1.165, 1.54) is 25.6 Å². The van der Waals surface area contributed by atoms with Gasteiger partial charge in [0.25, 0.3) is 5.56 Å². The molecule has 9 heteroatoms. The lowest BCUT2D eigenvalue weighted by Gasteiger charge is -2.25. The molecule has 0 bridgehead atoms. The number of allylic oxidation sites excluding steroid dienone is 1. The number of hydrogen-bond donors (Lipinski definition) is 0. The lowest BCUT2D eigenvalue weighted by atomic mass is 9.95. The molecule has 1 aliphatic heterocycles. The number of carbonyl (C=O) groups is 1. The van der Waals surface area contributed by atoms with Gasteiger partial charge in [-0.15, -0.1) is 6.42 Å². The molecule has 2 aromatic carbocycles. The number of benzene rings is 2. The van der Waals surface area contributed by atoms with E-state index in [9.17, 15) is 9.59 Å². The average Bonchev–Trinajstić information content (AvgIpc) is 3.20. The highest BCUT2D eigenvalue weighted by atomic mass is 35.5. The van der Waals surface area contributed by atoms with Crippen molar-refractivity contribution in [3.8, 4) is 23.8 Å². The van der Waals surface area contributed by atoms with Gasteiger partial charge in [-0.05, 0) is 35.8 Å². The molecule has 7 nitrogen and oxygen atoms in total. The summed E-state index contributed by atoms with van der Waals surface area (Å²) in [5.41, 5.74) is 2.07. The third-order valence-electron chi connectivity index (χ3n) is 5.61. The summed E-state index contributed by atoms with van der Waals surface area (Å²) in [5.74, 6) is 2.59. The molecule has 0 saturated heterocycles. The van der Waals surface area contributed by atoms with E-state index in [0.29, 0.717) is 49.1 Å². The Balaban J connectivity index is 1.93. The van der Waals surface area contributed by atoms with E-state index in [2.05, 4.69) is 10.9 Å².